The van der Waals surface area contributed by atoms with Gasteiger partial charge in [-0.05, 0) is 24.0 Å². The smallest absolute Gasteiger partial charge is 0.0713 e. The minimum Gasteiger partial charge on any atom is -0.380 e. The molecule has 2 atom stereocenters. The Morgan fingerprint density at radius 3 is 2.79 bits per heavy atom. The first-order chi connectivity index (χ1) is 9.33. The topological polar surface area (TPSA) is 56.5 Å². The van der Waals surface area contributed by atoms with Gasteiger partial charge in [0.15, 0.2) is 0 Å². The van der Waals surface area contributed by atoms with Crippen LogP contribution in [0.25, 0.3) is 0 Å². The van der Waals surface area contributed by atoms with Gasteiger partial charge >= 0.3 is 0 Å². The number of hydrogen-bond donors (Lipinski definition) is 2. The van der Waals surface area contributed by atoms with Crippen molar-refractivity contribution < 1.29 is 9.47 Å². The van der Waals surface area contributed by atoms with E-state index in [0.29, 0.717) is 19.3 Å². The molecule has 4 heteroatoms. The second kappa shape index (κ2) is 7.60. The molecule has 2 rings (SSSR count). The molecule has 0 saturated carbocycles. The fourth-order valence-corrected chi connectivity index (χ4v) is 2.43. The molecular weight excluding hydrogens is 240 g/mol. The Morgan fingerprint density at radius 1 is 1.42 bits per heavy atom. The molecule has 0 aromatic heterocycles. The maximum atomic E-state index is 5.86. The average Bonchev–Trinajstić information content (AvgIpc) is 2.95. The van der Waals surface area contributed by atoms with Gasteiger partial charge in [-0.25, -0.2) is 0 Å². The first kappa shape index (κ1) is 14.5. The highest BCUT2D eigenvalue weighted by Crippen LogP contribution is 2.16. The molecule has 1 aliphatic heterocycles. The Hall–Kier alpha value is -0.940. The van der Waals surface area contributed by atoms with Crippen molar-refractivity contribution in [3.63, 3.8) is 0 Å². The number of hydrogen-bond acceptors (Lipinski definition) is 4. The first-order valence-electron chi connectivity index (χ1n) is 6.96. The highest BCUT2D eigenvalue weighted by molar-refractivity contribution is 5.25. The quantitative estimate of drug-likeness (QED) is 0.785. The second-order valence-corrected chi connectivity index (χ2v) is 5.01. The minimum atomic E-state index is 0.195. The zero-order valence-corrected chi connectivity index (χ0v) is 11.6. The van der Waals surface area contributed by atoms with Crippen LogP contribution in [-0.2, 0) is 16.1 Å². The van der Waals surface area contributed by atoms with Crippen LogP contribution >= 0.6 is 0 Å². The van der Waals surface area contributed by atoms with Gasteiger partial charge in [0.05, 0.1) is 12.7 Å². The molecule has 0 spiro atoms. The summed E-state index contributed by atoms with van der Waals surface area (Å²) in [6, 6.07) is 8.62. The van der Waals surface area contributed by atoms with Crippen molar-refractivity contribution >= 4 is 0 Å². The lowest BCUT2D eigenvalue weighted by atomic mass is 10.0. The van der Waals surface area contributed by atoms with Crippen LogP contribution in [0.3, 0.4) is 0 Å². The van der Waals surface area contributed by atoms with Crippen molar-refractivity contribution in [2.45, 2.75) is 31.6 Å². The van der Waals surface area contributed by atoms with Crippen LogP contribution in [0.2, 0.25) is 0 Å². The lowest BCUT2D eigenvalue weighted by molar-refractivity contribution is 0.107. The Kier molecular flexibility index (Phi) is 5.79. The molecule has 1 aliphatic rings. The molecule has 1 aromatic carbocycles. The van der Waals surface area contributed by atoms with Gasteiger partial charge in [0.25, 0.3) is 0 Å². The van der Waals surface area contributed by atoms with Gasteiger partial charge in [-0.15, -0.1) is 0 Å². The molecule has 1 fully saturated rings. The SMILES string of the molecule is COCc1ccc(C(CN)NCC2CCCO2)cc1. The van der Waals surface area contributed by atoms with Crippen LogP contribution in [0.1, 0.15) is 30.0 Å². The molecule has 0 radical (unpaired) electrons. The molecule has 0 bridgehead atoms. The summed E-state index contributed by atoms with van der Waals surface area (Å²) in [6.07, 6.45) is 2.67. The van der Waals surface area contributed by atoms with E-state index in [-0.39, 0.29) is 6.04 Å². The highest BCUT2D eigenvalue weighted by atomic mass is 16.5. The molecule has 4 nitrogen and oxygen atoms in total. The van der Waals surface area contributed by atoms with Crippen molar-refractivity contribution in [3.8, 4) is 0 Å². The van der Waals surface area contributed by atoms with Crippen molar-refractivity contribution in [2.75, 3.05) is 26.8 Å². The van der Waals surface area contributed by atoms with E-state index >= 15 is 0 Å². The number of ether oxygens (including phenoxy) is 2. The summed E-state index contributed by atoms with van der Waals surface area (Å²) >= 11 is 0. The lowest BCUT2D eigenvalue weighted by Gasteiger charge is -2.20. The fourth-order valence-electron chi connectivity index (χ4n) is 2.43. The Bertz CT molecular complexity index is 361. The van der Waals surface area contributed by atoms with Gasteiger partial charge in [-0.1, -0.05) is 24.3 Å². The number of benzene rings is 1. The molecule has 19 heavy (non-hydrogen) atoms. The van der Waals surface area contributed by atoms with Crippen molar-refractivity contribution in [1.29, 1.82) is 0 Å². The molecule has 1 saturated heterocycles. The summed E-state index contributed by atoms with van der Waals surface area (Å²) in [5.41, 5.74) is 8.26. The van der Waals surface area contributed by atoms with Crippen molar-refractivity contribution in [2.24, 2.45) is 5.73 Å². The van der Waals surface area contributed by atoms with Gasteiger partial charge in [0, 0.05) is 32.8 Å². The number of rotatable bonds is 7. The largest absolute Gasteiger partial charge is 0.380 e. The van der Waals surface area contributed by atoms with Crippen LogP contribution in [0, 0.1) is 0 Å². The third-order valence-corrected chi connectivity index (χ3v) is 3.54. The molecule has 3 N–H and O–H groups in total. The standard InChI is InChI=1S/C15H24N2O2/c1-18-11-12-4-6-13(7-5-12)15(9-16)17-10-14-3-2-8-19-14/h4-7,14-15,17H,2-3,8-11,16H2,1H3. The monoisotopic (exact) mass is 264 g/mol. The van der Waals surface area contributed by atoms with E-state index in [2.05, 4.69) is 29.6 Å². The number of methoxy groups -OCH3 is 1. The average molecular weight is 264 g/mol. The summed E-state index contributed by atoms with van der Waals surface area (Å²) < 4.78 is 10.7. The van der Waals surface area contributed by atoms with Crippen LogP contribution in [0.15, 0.2) is 24.3 Å². The predicted octanol–water partition coefficient (Wildman–Crippen LogP) is 1.60. The number of nitrogens with one attached hydrogen (secondary N) is 1. The van der Waals surface area contributed by atoms with Gasteiger partial charge in [0.1, 0.15) is 0 Å². The minimum absolute atomic E-state index is 0.195. The summed E-state index contributed by atoms with van der Waals surface area (Å²) in [5, 5.41) is 3.50. The summed E-state index contributed by atoms with van der Waals surface area (Å²) in [5.74, 6) is 0. The van der Waals surface area contributed by atoms with E-state index in [4.69, 9.17) is 15.2 Å². The van der Waals surface area contributed by atoms with E-state index in [1.807, 2.05) is 0 Å². The van der Waals surface area contributed by atoms with Gasteiger partial charge in [0.2, 0.25) is 0 Å². The molecule has 2 unspecified atom stereocenters. The predicted molar refractivity (Wildman–Crippen MR) is 75.9 cm³/mol. The van der Waals surface area contributed by atoms with E-state index in [9.17, 15) is 0 Å². The van der Waals surface area contributed by atoms with E-state index in [1.54, 1.807) is 7.11 Å². The highest BCUT2D eigenvalue weighted by Gasteiger charge is 2.17. The third kappa shape index (κ3) is 4.28. The summed E-state index contributed by atoms with van der Waals surface area (Å²) in [4.78, 5) is 0. The molecule has 106 valence electrons. The van der Waals surface area contributed by atoms with Crippen LogP contribution < -0.4 is 11.1 Å². The van der Waals surface area contributed by atoms with Gasteiger partial charge < -0.3 is 20.5 Å². The van der Waals surface area contributed by atoms with Crippen LogP contribution in [0.4, 0.5) is 0 Å². The van der Waals surface area contributed by atoms with Crippen LogP contribution in [0.5, 0.6) is 0 Å². The fraction of sp³-hybridized carbons (Fsp3) is 0.600. The normalized spacial score (nSPS) is 20.6. The molecule has 0 amide bonds. The van der Waals surface area contributed by atoms with Crippen molar-refractivity contribution in [3.05, 3.63) is 35.4 Å². The maximum Gasteiger partial charge on any atom is 0.0713 e. The van der Waals surface area contributed by atoms with Crippen molar-refractivity contribution in [1.82, 2.24) is 5.32 Å². The van der Waals surface area contributed by atoms with E-state index in [1.165, 1.54) is 17.5 Å². The lowest BCUT2D eigenvalue weighted by Crippen LogP contribution is -2.34. The third-order valence-electron chi connectivity index (χ3n) is 3.54. The first-order valence-corrected chi connectivity index (χ1v) is 6.96. The Morgan fingerprint density at radius 2 is 2.21 bits per heavy atom. The maximum absolute atomic E-state index is 5.86. The van der Waals surface area contributed by atoms with E-state index in [0.717, 1.165) is 19.6 Å². The van der Waals surface area contributed by atoms with E-state index < -0.39 is 0 Å². The van der Waals surface area contributed by atoms with Crippen LogP contribution in [-0.4, -0.2) is 32.9 Å². The Balaban J connectivity index is 1.88. The molecule has 0 aliphatic carbocycles. The van der Waals surface area contributed by atoms with Gasteiger partial charge in [-0.3, -0.25) is 0 Å². The number of nitrogens with two attached hydrogens (primary N) is 1. The summed E-state index contributed by atoms with van der Waals surface area (Å²) in [7, 11) is 1.71. The zero-order chi connectivity index (χ0) is 13.5. The summed E-state index contributed by atoms with van der Waals surface area (Å²) in [6.45, 7) is 3.01. The molecule has 1 aromatic rings. The van der Waals surface area contributed by atoms with Gasteiger partial charge in [-0.2, -0.15) is 0 Å². The molecular formula is C15H24N2O2. The zero-order valence-electron chi connectivity index (χ0n) is 11.6. The molecule has 1 heterocycles. The Labute approximate surface area is 115 Å². The second-order valence-electron chi connectivity index (χ2n) is 5.01.